The van der Waals surface area contributed by atoms with Gasteiger partial charge in [-0.05, 0) is 13.8 Å². The Kier molecular flexibility index (Phi) is 3.73. The van der Waals surface area contributed by atoms with Gasteiger partial charge in [-0.1, -0.05) is 20.8 Å². The highest BCUT2D eigenvalue weighted by molar-refractivity contribution is 5.81. The van der Waals surface area contributed by atoms with Crippen molar-refractivity contribution in [1.82, 2.24) is 10.4 Å². The van der Waals surface area contributed by atoms with Gasteiger partial charge in [0.1, 0.15) is 6.10 Å². The number of nitrogens with one attached hydrogen (secondary N) is 1. The second-order valence-electron chi connectivity index (χ2n) is 5.40. The minimum Gasteiger partial charge on any atom is -0.371 e. The highest BCUT2D eigenvalue weighted by Gasteiger charge is 2.33. The normalized spacial score (nSPS) is 20.5. The van der Waals surface area contributed by atoms with Gasteiger partial charge in [-0.3, -0.25) is 9.80 Å². The van der Waals surface area contributed by atoms with E-state index in [1.807, 2.05) is 34.6 Å². The summed E-state index contributed by atoms with van der Waals surface area (Å²) >= 11 is 0. The Balaban J connectivity index is 2.57. The van der Waals surface area contributed by atoms with Crippen LogP contribution >= 0.6 is 0 Å². The molecule has 1 saturated heterocycles. The minimum absolute atomic E-state index is 0.117. The van der Waals surface area contributed by atoms with Crippen LogP contribution < -0.4 is 5.43 Å². The number of hydrogen-bond donors (Lipinski definition) is 1. The molecule has 0 aromatic rings. The molecule has 15 heavy (non-hydrogen) atoms. The molecule has 0 aromatic carbocycles. The summed E-state index contributed by atoms with van der Waals surface area (Å²) < 4.78 is 5.15. The third kappa shape index (κ3) is 4.18. The molecule has 1 atom stereocenters. The number of nitrogens with zero attached hydrogens (tertiary/aromatic N) is 1. The first-order chi connectivity index (χ1) is 6.80. The lowest BCUT2D eigenvalue weighted by atomic mass is 9.95. The molecule has 1 N–H and O–H groups in total. The second-order valence-corrected chi connectivity index (χ2v) is 5.40. The maximum Gasteiger partial charge on any atom is 0.242 e. The van der Waals surface area contributed by atoms with E-state index in [4.69, 9.17) is 4.74 Å². The first-order valence-corrected chi connectivity index (χ1v) is 5.50. The zero-order valence-electron chi connectivity index (χ0n) is 10.3. The van der Waals surface area contributed by atoms with Crippen molar-refractivity contribution >= 4 is 5.91 Å². The topological polar surface area (TPSA) is 44.9 Å². The molecule has 0 aromatic heterocycles. The quantitative estimate of drug-likeness (QED) is 0.564. The average Bonchev–Trinajstić information content (AvgIpc) is 2.83. The Bertz CT molecular complexity index is 225. The molecule has 4 nitrogen and oxygen atoms in total. The van der Waals surface area contributed by atoms with Gasteiger partial charge in [0.05, 0.1) is 13.2 Å². The lowest BCUT2D eigenvalue weighted by Gasteiger charge is -2.31. The highest BCUT2D eigenvalue weighted by Crippen LogP contribution is 2.19. The van der Waals surface area contributed by atoms with Crippen molar-refractivity contribution in [2.75, 3.05) is 13.2 Å². The van der Waals surface area contributed by atoms with Gasteiger partial charge in [0.2, 0.25) is 5.91 Å². The van der Waals surface area contributed by atoms with Gasteiger partial charge in [-0.2, -0.15) is 0 Å². The molecule has 0 spiro atoms. The van der Waals surface area contributed by atoms with Gasteiger partial charge in [0.15, 0.2) is 0 Å². The van der Waals surface area contributed by atoms with E-state index in [2.05, 4.69) is 5.43 Å². The van der Waals surface area contributed by atoms with Crippen LogP contribution in [0.5, 0.6) is 0 Å². The summed E-state index contributed by atoms with van der Waals surface area (Å²) in [4.78, 5) is 12.1. The smallest absolute Gasteiger partial charge is 0.242 e. The van der Waals surface area contributed by atoms with Gasteiger partial charge >= 0.3 is 0 Å². The van der Waals surface area contributed by atoms with Crippen LogP contribution in [0.1, 0.15) is 34.6 Å². The van der Waals surface area contributed by atoms with Gasteiger partial charge in [-0.15, -0.1) is 0 Å². The summed E-state index contributed by atoms with van der Waals surface area (Å²) in [6.07, 6.45) is 0.225. The Morgan fingerprint density at radius 2 is 2.07 bits per heavy atom. The van der Waals surface area contributed by atoms with Crippen molar-refractivity contribution in [3.8, 4) is 0 Å². The largest absolute Gasteiger partial charge is 0.371 e. The summed E-state index contributed by atoms with van der Waals surface area (Å²) in [5.41, 5.74) is 2.81. The van der Waals surface area contributed by atoms with Crippen LogP contribution in [0.15, 0.2) is 0 Å². The molecule has 88 valence electrons. The molecule has 0 bridgehead atoms. The molecule has 0 radical (unpaired) electrons. The van der Waals surface area contributed by atoms with Crippen LogP contribution in [0.3, 0.4) is 0 Å². The van der Waals surface area contributed by atoms with E-state index >= 15 is 0 Å². The minimum atomic E-state index is -0.350. The summed E-state index contributed by atoms with van der Waals surface area (Å²) in [5.74, 6) is 0.117. The van der Waals surface area contributed by atoms with Crippen LogP contribution in [0.2, 0.25) is 0 Å². The zero-order chi connectivity index (χ0) is 11.6. The van der Waals surface area contributed by atoms with Crippen molar-refractivity contribution < 1.29 is 9.53 Å². The molecule has 1 unspecified atom stereocenters. The number of carbonyl (C=O) groups excluding carboxylic acids is 1. The average molecular weight is 214 g/mol. The van der Waals surface area contributed by atoms with E-state index in [1.165, 1.54) is 0 Å². The number of hydrazine groups is 1. The van der Waals surface area contributed by atoms with E-state index in [0.717, 1.165) is 6.61 Å². The number of amides is 1. The molecule has 1 rings (SSSR count). The number of ether oxygens (including phenoxy) is 1. The SMILES string of the molecule is CC(C)NN(CC1CO1)C(=O)C(C)(C)C. The van der Waals surface area contributed by atoms with Crippen LogP contribution in [-0.4, -0.2) is 36.2 Å². The second kappa shape index (κ2) is 4.49. The molecule has 1 fully saturated rings. The molecular weight excluding hydrogens is 192 g/mol. The van der Waals surface area contributed by atoms with E-state index in [0.29, 0.717) is 6.54 Å². The van der Waals surface area contributed by atoms with Crippen molar-refractivity contribution in [2.45, 2.75) is 46.8 Å². The fourth-order valence-electron chi connectivity index (χ4n) is 1.29. The van der Waals surface area contributed by atoms with Crippen molar-refractivity contribution in [3.63, 3.8) is 0 Å². The predicted octanol–water partition coefficient (Wildman–Crippen LogP) is 1.17. The van der Waals surface area contributed by atoms with Crippen molar-refractivity contribution in [3.05, 3.63) is 0 Å². The van der Waals surface area contributed by atoms with Crippen LogP contribution in [0, 0.1) is 5.41 Å². The first-order valence-electron chi connectivity index (χ1n) is 5.50. The van der Waals surface area contributed by atoms with Crippen LogP contribution in [-0.2, 0) is 9.53 Å². The third-order valence-corrected chi connectivity index (χ3v) is 2.09. The molecule has 1 aliphatic heterocycles. The van der Waals surface area contributed by atoms with E-state index in [1.54, 1.807) is 5.01 Å². The standard InChI is InChI=1S/C11H22N2O2/c1-8(2)12-13(6-9-7-15-9)10(14)11(3,4)5/h8-9,12H,6-7H2,1-5H3. The lowest BCUT2D eigenvalue weighted by Crippen LogP contribution is -2.52. The van der Waals surface area contributed by atoms with Gasteiger partial charge in [0, 0.05) is 11.5 Å². The van der Waals surface area contributed by atoms with Crippen molar-refractivity contribution in [1.29, 1.82) is 0 Å². The predicted molar refractivity (Wildman–Crippen MR) is 59.2 cm³/mol. The molecule has 1 aliphatic rings. The monoisotopic (exact) mass is 214 g/mol. The molecule has 0 saturated carbocycles. The molecule has 4 heteroatoms. The first kappa shape index (κ1) is 12.5. The molecule has 1 heterocycles. The van der Waals surface area contributed by atoms with E-state index < -0.39 is 0 Å². The number of hydrogen-bond acceptors (Lipinski definition) is 3. The van der Waals surface area contributed by atoms with Gasteiger partial charge < -0.3 is 4.74 Å². The summed E-state index contributed by atoms with van der Waals surface area (Å²) in [7, 11) is 0. The molecule has 1 amide bonds. The van der Waals surface area contributed by atoms with Crippen LogP contribution in [0.4, 0.5) is 0 Å². The van der Waals surface area contributed by atoms with Gasteiger partial charge in [0.25, 0.3) is 0 Å². The Hall–Kier alpha value is -0.610. The maximum atomic E-state index is 12.1. The van der Waals surface area contributed by atoms with Crippen LogP contribution in [0.25, 0.3) is 0 Å². The highest BCUT2D eigenvalue weighted by atomic mass is 16.6. The summed E-state index contributed by atoms with van der Waals surface area (Å²) in [6.45, 7) is 11.3. The van der Waals surface area contributed by atoms with Gasteiger partial charge in [-0.25, -0.2) is 5.43 Å². The number of carbonyl (C=O) groups is 1. The third-order valence-electron chi connectivity index (χ3n) is 2.09. The fraction of sp³-hybridized carbons (Fsp3) is 0.909. The Morgan fingerprint density at radius 1 is 1.53 bits per heavy atom. The number of epoxide rings is 1. The maximum absolute atomic E-state index is 12.1. The zero-order valence-corrected chi connectivity index (χ0v) is 10.3. The Morgan fingerprint density at radius 3 is 2.40 bits per heavy atom. The molecule has 0 aliphatic carbocycles. The summed E-state index contributed by atoms with van der Waals surface area (Å²) in [5, 5.41) is 1.70. The van der Waals surface area contributed by atoms with E-state index in [9.17, 15) is 4.79 Å². The summed E-state index contributed by atoms with van der Waals surface area (Å²) in [6, 6.07) is 0.259. The van der Waals surface area contributed by atoms with E-state index in [-0.39, 0.29) is 23.5 Å². The lowest BCUT2D eigenvalue weighted by molar-refractivity contribution is -0.143. The fourth-order valence-corrected chi connectivity index (χ4v) is 1.29. The van der Waals surface area contributed by atoms with Crippen molar-refractivity contribution in [2.24, 2.45) is 5.41 Å². The number of rotatable bonds is 4. The Labute approximate surface area is 91.9 Å². The molecular formula is C11H22N2O2.